The van der Waals surface area contributed by atoms with Crippen molar-refractivity contribution in [1.29, 1.82) is 0 Å². The van der Waals surface area contributed by atoms with E-state index in [0.717, 1.165) is 17.9 Å². The quantitative estimate of drug-likeness (QED) is 0.867. The molecule has 0 heterocycles. The molecule has 0 spiro atoms. The summed E-state index contributed by atoms with van der Waals surface area (Å²) in [6.07, 6.45) is 0.875. The van der Waals surface area contributed by atoms with Gasteiger partial charge in [0, 0.05) is 6.61 Å². The molecule has 0 amide bonds. The Morgan fingerprint density at radius 3 is 1.47 bits per heavy atom. The minimum absolute atomic E-state index is 0.319. The van der Waals surface area contributed by atoms with E-state index < -0.39 is 0 Å². The molecule has 1 N–H and O–H groups in total. The van der Waals surface area contributed by atoms with Gasteiger partial charge in [-0.2, -0.15) is 0 Å². The maximum atomic E-state index is 7.88. The normalized spacial score (nSPS) is 9.06. The maximum Gasteiger partial charge on any atom is 0.127 e. The lowest BCUT2D eigenvalue weighted by atomic mass is 10.3. The zero-order chi connectivity index (χ0) is 12.3. The van der Waals surface area contributed by atoms with E-state index in [4.69, 9.17) is 9.84 Å². The van der Waals surface area contributed by atoms with Crippen LogP contribution in [0.3, 0.4) is 0 Å². The Morgan fingerprint density at radius 2 is 1.18 bits per heavy atom. The minimum atomic E-state index is 0.319. The molecule has 0 aromatic heterocycles. The van der Waals surface area contributed by atoms with Crippen molar-refractivity contribution in [2.45, 2.75) is 13.3 Å². The number of ether oxygens (including phenoxy) is 1. The second-order valence-corrected chi connectivity index (χ2v) is 3.45. The van der Waals surface area contributed by atoms with Crippen LogP contribution in [-0.2, 0) is 0 Å². The Bertz CT molecular complexity index is 345. The van der Waals surface area contributed by atoms with E-state index in [9.17, 15) is 0 Å². The van der Waals surface area contributed by atoms with Gasteiger partial charge in [-0.1, -0.05) is 43.3 Å². The summed E-state index contributed by atoms with van der Waals surface area (Å²) in [5, 5.41) is 7.88. The fourth-order valence-corrected chi connectivity index (χ4v) is 1.11. The summed E-state index contributed by atoms with van der Waals surface area (Å²) in [7, 11) is 0. The van der Waals surface area contributed by atoms with E-state index in [1.165, 1.54) is 0 Å². The Kier molecular flexibility index (Phi) is 6.53. The van der Waals surface area contributed by atoms with Gasteiger partial charge in [0.15, 0.2) is 0 Å². The molecule has 2 heteroatoms. The highest BCUT2D eigenvalue weighted by molar-refractivity contribution is 5.30. The summed E-state index contributed by atoms with van der Waals surface area (Å²) in [4.78, 5) is 0. The molecule has 0 radical (unpaired) electrons. The molecule has 2 nitrogen and oxygen atoms in total. The monoisotopic (exact) mass is 230 g/mol. The van der Waals surface area contributed by atoms with Gasteiger partial charge in [0.05, 0.1) is 0 Å². The van der Waals surface area contributed by atoms with Crippen molar-refractivity contribution in [1.82, 2.24) is 0 Å². The highest BCUT2D eigenvalue weighted by Gasteiger charge is 1.92. The first kappa shape index (κ1) is 13.3. The standard InChI is InChI=1S/C12H10O.C3H8O/c1-3-7-11(8-4-1)13-12-9-5-2-6-10-12;1-2-3-4/h1-10H;4H,2-3H2,1H3. The van der Waals surface area contributed by atoms with Crippen LogP contribution in [0.4, 0.5) is 0 Å². The second kappa shape index (κ2) is 8.36. The summed E-state index contributed by atoms with van der Waals surface area (Å²) >= 11 is 0. The smallest absolute Gasteiger partial charge is 0.127 e. The van der Waals surface area contributed by atoms with E-state index >= 15 is 0 Å². The number of rotatable bonds is 3. The molecule has 2 aromatic rings. The van der Waals surface area contributed by atoms with Gasteiger partial charge in [0.2, 0.25) is 0 Å². The van der Waals surface area contributed by atoms with Crippen molar-refractivity contribution >= 4 is 0 Å². The topological polar surface area (TPSA) is 29.5 Å². The number of benzene rings is 2. The first-order chi connectivity index (χ1) is 8.36. The molecule has 0 saturated heterocycles. The van der Waals surface area contributed by atoms with Gasteiger partial charge in [-0.25, -0.2) is 0 Å². The molecule has 0 saturated carbocycles. The van der Waals surface area contributed by atoms with Crippen molar-refractivity contribution in [3.05, 3.63) is 60.7 Å². The Balaban J connectivity index is 0.000000317. The molecular formula is C15H18O2. The van der Waals surface area contributed by atoms with E-state index in [2.05, 4.69) is 0 Å². The third-order valence-corrected chi connectivity index (χ3v) is 1.95. The van der Waals surface area contributed by atoms with Crippen LogP contribution in [0.25, 0.3) is 0 Å². The Morgan fingerprint density at radius 1 is 0.824 bits per heavy atom. The van der Waals surface area contributed by atoms with Crippen LogP contribution in [0.15, 0.2) is 60.7 Å². The molecule has 2 aromatic carbocycles. The number of aliphatic hydroxyl groups is 1. The van der Waals surface area contributed by atoms with Crippen LogP contribution in [0.5, 0.6) is 11.5 Å². The van der Waals surface area contributed by atoms with Crippen LogP contribution < -0.4 is 4.74 Å². The lowest BCUT2D eigenvalue weighted by Crippen LogP contribution is -1.81. The second-order valence-electron chi connectivity index (χ2n) is 3.45. The van der Waals surface area contributed by atoms with E-state index in [1.54, 1.807) is 0 Å². The van der Waals surface area contributed by atoms with Gasteiger partial charge in [-0.05, 0) is 30.7 Å². The predicted octanol–water partition coefficient (Wildman–Crippen LogP) is 3.87. The van der Waals surface area contributed by atoms with Crippen molar-refractivity contribution in [2.24, 2.45) is 0 Å². The summed E-state index contributed by atoms with van der Waals surface area (Å²) < 4.78 is 5.58. The average Bonchev–Trinajstić information content (AvgIpc) is 2.41. The molecule has 0 aliphatic carbocycles. The molecule has 0 fully saturated rings. The van der Waals surface area contributed by atoms with Crippen molar-refractivity contribution in [2.75, 3.05) is 6.61 Å². The number of hydrogen-bond donors (Lipinski definition) is 1. The third kappa shape index (κ3) is 5.73. The molecule has 90 valence electrons. The van der Waals surface area contributed by atoms with Gasteiger partial charge >= 0.3 is 0 Å². The maximum absolute atomic E-state index is 7.88. The van der Waals surface area contributed by atoms with Crippen molar-refractivity contribution < 1.29 is 9.84 Å². The third-order valence-electron chi connectivity index (χ3n) is 1.95. The lowest BCUT2D eigenvalue weighted by Gasteiger charge is -2.03. The Hall–Kier alpha value is -1.80. The van der Waals surface area contributed by atoms with Crippen molar-refractivity contribution in [3.63, 3.8) is 0 Å². The Labute approximate surface area is 102 Å². The first-order valence-corrected chi connectivity index (χ1v) is 5.75. The largest absolute Gasteiger partial charge is 0.457 e. The SMILES string of the molecule is CCCO.c1ccc(Oc2ccccc2)cc1. The van der Waals surface area contributed by atoms with Crippen molar-refractivity contribution in [3.8, 4) is 11.5 Å². The van der Waals surface area contributed by atoms with Crippen LogP contribution in [0.2, 0.25) is 0 Å². The highest BCUT2D eigenvalue weighted by Crippen LogP contribution is 2.19. The summed E-state index contributed by atoms with van der Waals surface area (Å²) in [5.41, 5.74) is 0. The van der Waals surface area contributed by atoms with E-state index in [1.807, 2.05) is 67.6 Å². The molecule has 2 rings (SSSR count). The molecule has 0 atom stereocenters. The number of aliphatic hydroxyl groups excluding tert-OH is 1. The fraction of sp³-hybridized carbons (Fsp3) is 0.200. The molecule has 0 bridgehead atoms. The summed E-state index contributed by atoms with van der Waals surface area (Å²) in [6.45, 7) is 2.25. The van der Waals surface area contributed by atoms with Crippen LogP contribution in [0.1, 0.15) is 13.3 Å². The number of hydrogen-bond acceptors (Lipinski definition) is 2. The van der Waals surface area contributed by atoms with Gasteiger partial charge in [0.1, 0.15) is 11.5 Å². The molecule has 17 heavy (non-hydrogen) atoms. The molecule has 0 aliphatic rings. The van der Waals surface area contributed by atoms with Gasteiger partial charge in [-0.3, -0.25) is 0 Å². The predicted molar refractivity (Wildman–Crippen MR) is 70.3 cm³/mol. The zero-order valence-corrected chi connectivity index (χ0v) is 10.0. The average molecular weight is 230 g/mol. The molecular weight excluding hydrogens is 212 g/mol. The van der Waals surface area contributed by atoms with Crippen LogP contribution in [-0.4, -0.2) is 11.7 Å². The van der Waals surface area contributed by atoms with Crippen LogP contribution >= 0.6 is 0 Å². The molecule has 0 unspecified atom stereocenters. The highest BCUT2D eigenvalue weighted by atomic mass is 16.5. The van der Waals surface area contributed by atoms with E-state index in [0.29, 0.717) is 6.61 Å². The zero-order valence-electron chi connectivity index (χ0n) is 10.0. The lowest BCUT2D eigenvalue weighted by molar-refractivity contribution is 0.295. The van der Waals surface area contributed by atoms with Crippen LogP contribution in [0, 0.1) is 0 Å². The van der Waals surface area contributed by atoms with Gasteiger partial charge < -0.3 is 9.84 Å². The first-order valence-electron chi connectivity index (χ1n) is 5.75. The number of para-hydroxylation sites is 2. The van der Waals surface area contributed by atoms with E-state index in [-0.39, 0.29) is 0 Å². The van der Waals surface area contributed by atoms with Gasteiger partial charge in [-0.15, -0.1) is 0 Å². The minimum Gasteiger partial charge on any atom is -0.457 e. The molecule has 0 aliphatic heterocycles. The summed E-state index contributed by atoms with van der Waals surface area (Å²) in [6, 6.07) is 19.5. The van der Waals surface area contributed by atoms with Gasteiger partial charge in [0.25, 0.3) is 0 Å². The summed E-state index contributed by atoms with van der Waals surface area (Å²) in [5.74, 6) is 1.74. The fourth-order valence-electron chi connectivity index (χ4n) is 1.11.